The molecule has 4 saturated carbocycles. The van der Waals surface area contributed by atoms with Crippen molar-refractivity contribution in [3.63, 3.8) is 0 Å². The van der Waals surface area contributed by atoms with Crippen molar-refractivity contribution in [3.8, 4) is 5.75 Å². The Kier molecular flexibility index (Phi) is 4.12. The summed E-state index contributed by atoms with van der Waals surface area (Å²) in [4.78, 5) is 16.1. The molecule has 1 atom stereocenters. The Morgan fingerprint density at radius 2 is 1.70 bits per heavy atom. The Morgan fingerprint density at radius 1 is 1.00 bits per heavy atom. The number of benzene rings is 2. The Bertz CT molecular complexity index is 1060. The highest BCUT2D eigenvalue weighted by Gasteiger charge is 2.52. The molecule has 0 spiro atoms. The first-order valence-electron chi connectivity index (χ1n) is 11.0. The number of hydrogen-bond acceptors (Lipinski definition) is 4. The van der Waals surface area contributed by atoms with Gasteiger partial charge in [0.05, 0.1) is 5.56 Å². The maximum absolute atomic E-state index is 11.4. The highest BCUT2D eigenvalue weighted by molar-refractivity contribution is 5.91. The minimum Gasteiger partial charge on any atom is -0.480 e. The molecule has 3 aromatic rings. The van der Waals surface area contributed by atoms with E-state index >= 15 is 0 Å². The van der Waals surface area contributed by atoms with Crippen LogP contribution < -0.4 is 4.74 Å². The van der Waals surface area contributed by atoms with Gasteiger partial charge in [-0.05, 0) is 86.1 Å². The molecule has 4 aliphatic carbocycles. The van der Waals surface area contributed by atoms with Gasteiger partial charge in [-0.15, -0.1) is 0 Å². The predicted molar refractivity (Wildman–Crippen MR) is 111 cm³/mol. The molecule has 0 saturated heterocycles. The Morgan fingerprint density at radius 3 is 2.37 bits per heavy atom. The standard InChI is InChI=1S/C25H25NO4/c27-25(28)16-6-7-20-21(13-16)30-24(26-20)23(29-19-4-2-1-3-5-19)22-17-9-14-8-15(11-17)12-18(22)10-14/h1-7,13-15,17-18,22-23H,8-12H2,(H,27,28). The lowest BCUT2D eigenvalue weighted by Gasteiger charge is -2.55. The molecule has 154 valence electrons. The van der Waals surface area contributed by atoms with Gasteiger partial charge in [0.2, 0.25) is 5.89 Å². The van der Waals surface area contributed by atoms with E-state index in [4.69, 9.17) is 14.1 Å². The molecule has 0 radical (unpaired) electrons. The molecule has 4 fully saturated rings. The van der Waals surface area contributed by atoms with E-state index < -0.39 is 5.97 Å². The summed E-state index contributed by atoms with van der Waals surface area (Å²) in [5.41, 5.74) is 1.40. The minimum atomic E-state index is -0.965. The number of aromatic carboxylic acids is 1. The number of ether oxygens (including phenoxy) is 1. The largest absolute Gasteiger partial charge is 0.480 e. The molecule has 1 N–H and O–H groups in total. The molecular weight excluding hydrogens is 378 g/mol. The third-order valence-electron chi connectivity index (χ3n) is 7.55. The summed E-state index contributed by atoms with van der Waals surface area (Å²) < 4.78 is 12.7. The van der Waals surface area contributed by atoms with Crippen LogP contribution in [0.2, 0.25) is 0 Å². The first kappa shape index (κ1) is 18.0. The van der Waals surface area contributed by atoms with Crippen LogP contribution in [0.5, 0.6) is 5.75 Å². The van der Waals surface area contributed by atoms with Crippen LogP contribution >= 0.6 is 0 Å². The van der Waals surface area contributed by atoms with Crippen molar-refractivity contribution in [3.05, 3.63) is 60.0 Å². The Labute approximate surface area is 175 Å². The molecule has 7 rings (SSSR count). The van der Waals surface area contributed by atoms with Gasteiger partial charge in [0.1, 0.15) is 11.3 Å². The van der Waals surface area contributed by atoms with Crippen LogP contribution in [-0.4, -0.2) is 16.1 Å². The quantitative estimate of drug-likeness (QED) is 0.590. The molecule has 2 aromatic carbocycles. The van der Waals surface area contributed by atoms with Crippen molar-refractivity contribution in [1.29, 1.82) is 0 Å². The van der Waals surface area contributed by atoms with E-state index in [1.54, 1.807) is 18.2 Å². The van der Waals surface area contributed by atoms with Gasteiger partial charge in [-0.1, -0.05) is 18.2 Å². The Hall–Kier alpha value is -2.82. The number of carboxylic acids is 1. The van der Waals surface area contributed by atoms with Crippen LogP contribution in [0.3, 0.4) is 0 Å². The molecule has 1 aromatic heterocycles. The van der Waals surface area contributed by atoms with Gasteiger partial charge < -0.3 is 14.3 Å². The normalized spacial score (nSPS) is 30.5. The molecule has 5 heteroatoms. The molecule has 1 heterocycles. The van der Waals surface area contributed by atoms with Crippen LogP contribution in [-0.2, 0) is 0 Å². The summed E-state index contributed by atoms with van der Waals surface area (Å²) >= 11 is 0. The summed E-state index contributed by atoms with van der Waals surface area (Å²) in [6.45, 7) is 0. The predicted octanol–water partition coefficient (Wildman–Crippen LogP) is 5.72. The second-order valence-electron chi connectivity index (χ2n) is 9.40. The molecule has 5 nitrogen and oxygen atoms in total. The number of fused-ring (bicyclic) bond motifs is 1. The Balaban J connectivity index is 1.41. The van der Waals surface area contributed by atoms with Crippen LogP contribution in [0.4, 0.5) is 0 Å². The van der Waals surface area contributed by atoms with Gasteiger partial charge in [-0.2, -0.15) is 0 Å². The number of nitrogens with zero attached hydrogens (tertiary/aromatic N) is 1. The third-order valence-corrected chi connectivity index (χ3v) is 7.55. The maximum Gasteiger partial charge on any atom is 0.335 e. The fourth-order valence-corrected chi connectivity index (χ4v) is 6.60. The topological polar surface area (TPSA) is 72.6 Å². The van der Waals surface area contributed by atoms with Gasteiger partial charge in [0, 0.05) is 5.92 Å². The molecular formula is C25H25NO4. The summed E-state index contributed by atoms with van der Waals surface area (Å²) in [5.74, 6) is 3.89. The van der Waals surface area contributed by atoms with Gasteiger partial charge in [-0.25, -0.2) is 9.78 Å². The van der Waals surface area contributed by atoms with Crippen molar-refractivity contribution >= 4 is 17.1 Å². The van der Waals surface area contributed by atoms with Crippen LogP contribution in [0.15, 0.2) is 52.9 Å². The highest BCUT2D eigenvalue weighted by Crippen LogP contribution is 2.60. The second-order valence-corrected chi connectivity index (χ2v) is 9.40. The smallest absolute Gasteiger partial charge is 0.335 e. The summed E-state index contributed by atoms with van der Waals surface area (Å²) in [6.07, 6.45) is 6.31. The first-order chi connectivity index (χ1) is 14.6. The summed E-state index contributed by atoms with van der Waals surface area (Å²) in [5, 5.41) is 9.31. The zero-order chi connectivity index (χ0) is 20.2. The van der Waals surface area contributed by atoms with Crippen molar-refractivity contribution < 1.29 is 19.1 Å². The number of oxazole rings is 1. The van der Waals surface area contributed by atoms with Gasteiger partial charge >= 0.3 is 5.97 Å². The second kappa shape index (κ2) is 6.86. The summed E-state index contributed by atoms with van der Waals surface area (Å²) in [7, 11) is 0. The molecule has 0 amide bonds. The molecule has 30 heavy (non-hydrogen) atoms. The van der Waals surface area contributed by atoms with Gasteiger partial charge in [-0.3, -0.25) is 0 Å². The molecule has 4 bridgehead atoms. The fourth-order valence-electron chi connectivity index (χ4n) is 6.60. The number of aromatic nitrogens is 1. The van der Waals surface area contributed by atoms with Crippen molar-refractivity contribution in [2.24, 2.45) is 29.6 Å². The number of hydrogen-bond donors (Lipinski definition) is 1. The van der Waals surface area contributed by atoms with Gasteiger partial charge in [0.25, 0.3) is 0 Å². The lowest BCUT2D eigenvalue weighted by atomic mass is 9.51. The fraction of sp³-hybridized carbons (Fsp3) is 0.440. The maximum atomic E-state index is 11.4. The SMILES string of the molecule is O=C(O)c1ccc2nc(C(Oc3ccccc3)C3C4CC5CC(C4)CC3C5)oc2c1. The number of rotatable bonds is 5. The van der Waals surface area contributed by atoms with E-state index in [1.807, 2.05) is 30.3 Å². The van der Waals surface area contributed by atoms with Crippen LogP contribution in [0.25, 0.3) is 11.1 Å². The van der Waals surface area contributed by atoms with E-state index in [-0.39, 0.29) is 11.7 Å². The average molecular weight is 403 g/mol. The van der Waals surface area contributed by atoms with Crippen molar-refractivity contribution in [2.75, 3.05) is 0 Å². The van der Waals surface area contributed by atoms with E-state index in [2.05, 4.69) is 0 Å². The zero-order valence-electron chi connectivity index (χ0n) is 16.7. The van der Waals surface area contributed by atoms with Gasteiger partial charge in [0.15, 0.2) is 11.7 Å². The van der Waals surface area contributed by atoms with Crippen LogP contribution in [0.1, 0.15) is 54.5 Å². The van der Waals surface area contributed by atoms with E-state index in [0.717, 1.165) is 17.6 Å². The lowest BCUT2D eigenvalue weighted by molar-refractivity contribution is -0.0891. The number of carboxylic acid groups (broad SMARTS) is 1. The van der Waals surface area contributed by atoms with E-state index in [9.17, 15) is 9.90 Å². The molecule has 1 unspecified atom stereocenters. The lowest BCUT2D eigenvalue weighted by Crippen LogP contribution is -2.48. The first-order valence-corrected chi connectivity index (χ1v) is 11.0. The van der Waals surface area contributed by atoms with Crippen molar-refractivity contribution in [2.45, 2.75) is 38.2 Å². The van der Waals surface area contributed by atoms with Crippen LogP contribution in [0, 0.1) is 29.6 Å². The number of carbonyl (C=O) groups is 1. The average Bonchev–Trinajstić information content (AvgIpc) is 3.16. The van der Waals surface area contributed by atoms with Crippen molar-refractivity contribution in [1.82, 2.24) is 4.98 Å². The number of para-hydroxylation sites is 1. The summed E-state index contributed by atoms with van der Waals surface area (Å²) in [6, 6.07) is 14.8. The molecule has 4 aliphatic rings. The molecule has 0 aliphatic heterocycles. The third kappa shape index (κ3) is 2.99. The minimum absolute atomic E-state index is 0.209. The van der Waals surface area contributed by atoms with E-state index in [1.165, 1.54) is 32.1 Å². The monoisotopic (exact) mass is 403 g/mol. The zero-order valence-corrected chi connectivity index (χ0v) is 16.7. The van der Waals surface area contributed by atoms with E-state index in [0.29, 0.717) is 34.7 Å². The highest BCUT2D eigenvalue weighted by atomic mass is 16.5.